The third-order valence-corrected chi connectivity index (χ3v) is 6.21. The van der Waals surface area contributed by atoms with Crippen molar-refractivity contribution in [2.24, 2.45) is 5.92 Å². The van der Waals surface area contributed by atoms with Crippen molar-refractivity contribution in [3.63, 3.8) is 0 Å². The number of oxazole rings is 1. The van der Waals surface area contributed by atoms with Crippen molar-refractivity contribution in [1.29, 1.82) is 0 Å². The Balaban J connectivity index is 1.39. The lowest BCUT2D eigenvalue weighted by atomic mass is 9.77. The molecule has 0 spiro atoms. The second-order valence-electron chi connectivity index (χ2n) is 8.49. The van der Waals surface area contributed by atoms with E-state index in [0.717, 1.165) is 37.1 Å². The molecule has 10 heteroatoms. The number of alkyl halides is 3. The molecule has 0 N–H and O–H groups in total. The molecule has 7 nitrogen and oxygen atoms in total. The minimum absolute atomic E-state index is 0.116. The zero-order valence-electron chi connectivity index (χ0n) is 17.7. The van der Waals surface area contributed by atoms with Gasteiger partial charge < -0.3 is 14.1 Å². The molecule has 3 aromatic heterocycles. The number of carbonyl (C=O) groups excluding carboxylic acids is 1. The summed E-state index contributed by atoms with van der Waals surface area (Å²) in [5.74, 6) is 0.428. The fraction of sp³-hybridized carbons (Fsp3) is 0.391. The molecule has 33 heavy (non-hydrogen) atoms. The number of pyridine rings is 2. The largest absolute Gasteiger partial charge is 0.472 e. The summed E-state index contributed by atoms with van der Waals surface area (Å²) in [6.45, 7) is 2.44. The van der Waals surface area contributed by atoms with Crippen molar-refractivity contribution in [3.8, 4) is 17.5 Å². The first-order valence-corrected chi connectivity index (χ1v) is 10.7. The molecule has 3 unspecified atom stereocenters. The molecular formula is C23H21F3N4O3. The molecule has 3 aromatic rings. The van der Waals surface area contributed by atoms with E-state index in [1.54, 1.807) is 17.2 Å². The highest BCUT2D eigenvalue weighted by Crippen LogP contribution is 2.39. The molecule has 1 amide bonds. The van der Waals surface area contributed by atoms with Gasteiger partial charge in [-0.1, -0.05) is 0 Å². The maximum atomic E-state index is 13.6. The van der Waals surface area contributed by atoms with Crippen molar-refractivity contribution in [1.82, 2.24) is 19.9 Å². The van der Waals surface area contributed by atoms with Gasteiger partial charge in [-0.05, 0) is 49.8 Å². The SMILES string of the molecule is Cc1cnc(-c2ncco2)c(C(=O)N2CC3CCC2C(Oc2ccc(C(F)(F)F)cn2)C3)c1. The minimum atomic E-state index is -4.46. The molecule has 3 atom stereocenters. The Morgan fingerprint density at radius 2 is 2.03 bits per heavy atom. The molecule has 3 fully saturated rings. The van der Waals surface area contributed by atoms with Crippen molar-refractivity contribution in [3.05, 3.63) is 59.7 Å². The smallest absolute Gasteiger partial charge is 0.417 e. The molecule has 2 aliphatic heterocycles. The number of amides is 1. The summed E-state index contributed by atoms with van der Waals surface area (Å²) in [6.07, 6.45) is 2.96. The average Bonchev–Trinajstić information content (AvgIpc) is 3.33. The molecule has 1 saturated carbocycles. The van der Waals surface area contributed by atoms with Crippen molar-refractivity contribution in [2.45, 2.75) is 44.5 Å². The molecule has 0 aromatic carbocycles. The van der Waals surface area contributed by atoms with Crippen LogP contribution >= 0.6 is 0 Å². The number of piperidine rings is 2. The standard InChI is InChI=1S/C23H21F3N4O3/c1-13-8-16(20(29-10-13)21-27-6-7-32-21)22(31)30-12-14-2-4-17(30)18(9-14)33-19-5-3-15(11-28-19)23(24,25)26/h3,5-8,10-11,14,17-18H,2,4,9,12H2,1H3. The van der Waals surface area contributed by atoms with E-state index >= 15 is 0 Å². The highest BCUT2D eigenvalue weighted by molar-refractivity contribution is 5.99. The first kappa shape index (κ1) is 21.4. The fourth-order valence-electron chi connectivity index (χ4n) is 4.66. The first-order valence-electron chi connectivity index (χ1n) is 10.7. The Hall–Kier alpha value is -3.43. The van der Waals surface area contributed by atoms with Crippen molar-refractivity contribution in [2.75, 3.05) is 6.54 Å². The molecular weight excluding hydrogens is 437 g/mol. The van der Waals surface area contributed by atoms with Crippen LogP contribution in [-0.2, 0) is 6.18 Å². The Morgan fingerprint density at radius 1 is 1.18 bits per heavy atom. The van der Waals surface area contributed by atoms with E-state index < -0.39 is 11.7 Å². The Labute approximate surface area is 187 Å². The molecule has 0 radical (unpaired) electrons. The summed E-state index contributed by atoms with van der Waals surface area (Å²) < 4.78 is 49.8. The normalized spacial score (nSPS) is 22.4. The molecule has 6 rings (SSSR count). The van der Waals surface area contributed by atoms with Crippen molar-refractivity contribution >= 4 is 5.91 Å². The summed E-state index contributed by atoms with van der Waals surface area (Å²) >= 11 is 0. The fourth-order valence-corrected chi connectivity index (χ4v) is 4.66. The lowest BCUT2D eigenvalue weighted by molar-refractivity contribution is -0.137. The van der Waals surface area contributed by atoms with Gasteiger partial charge in [0.05, 0.1) is 23.4 Å². The molecule has 3 aliphatic rings. The molecule has 1 aliphatic carbocycles. The van der Waals surface area contributed by atoms with E-state index in [9.17, 15) is 18.0 Å². The first-order chi connectivity index (χ1) is 15.8. The summed E-state index contributed by atoms with van der Waals surface area (Å²) in [6, 6.07) is 3.73. The molecule has 172 valence electrons. The van der Waals surface area contributed by atoms with E-state index in [2.05, 4.69) is 15.0 Å². The maximum Gasteiger partial charge on any atom is 0.417 e. The third-order valence-electron chi connectivity index (χ3n) is 6.21. The highest BCUT2D eigenvalue weighted by atomic mass is 19.4. The quantitative estimate of drug-likeness (QED) is 0.572. The van der Waals surface area contributed by atoms with Gasteiger partial charge >= 0.3 is 6.18 Å². The summed E-state index contributed by atoms with van der Waals surface area (Å²) in [4.78, 5) is 27.8. The second kappa shape index (κ2) is 8.17. The van der Waals surface area contributed by atoms with Gasteiger partial charge in [-0.3, -0.25) is 9.78 Å². The summed E-state index contributed by atoms with van der Waals surface area (Å²) in [7, 11) is 0. The average molecular weight is 458 g/mol. The summed E-state index contributed by atoms with van der Waals surface area (Å²) in [5.41, 5.74) is 0.774. The van der Waals surface area contributed by atoms with E-state index in [0.29, 0.717) is 17.8 Å². The van der Waals surface area contributed by atoms with Crippen LogP contribution in [0.3, 0.4) is 0 Å². The van der Waals surface area contributed by atoms with Gasteiger partial charge in [0.2, 0.25) is 11.8 Å². The maximum absolute atomic E-state index is 13.6. The van der Waals surface area contributed by atoms with Gasteiger partial charge in [-0.15, -0.1) is 0 Å². The predicted octanol–water partition coefficient (Wildman–Crippen LogP) is 4.53. The number of fused-ring (bicyclic) bond motifs is 3. The van der Waals surface area contributed by atoms with E-state index in [1.807, 2.05) is 6.92 Å². The third kappa shape index (κ3) is 4.17. The topological polar surface area (TPSA) is 81.4 Å². The molecule has 2 bridgehead atoms. The van der Waals surface area contributed by atoms with Crippen LogP contribution in [0, 0.1) is 12.8 Å². The van der Waals surface area contributed by atoms with Crippen LogP contribution in [0.4, 0.5) is 13.2 Å². The number of hydrogen-bond donors (Lipinski definition) is 0. The van der Waals surface area contributed by atoms with Gasteiger partial charge in [0.15, 0.2) is 0 Å². The lowest BCUT2D eigenvalue weighted by Gasteiger charge is -2.49. The zero-order chi connectivity index (χ0) is 23.2. The van der Waals surface area contributed by atoms with Gasteiger partial charge in [0.25, 0.3) is 5.91 Å². The van der Waals surface area contributed by atoms with Crippen LogP contribution in [0.5, 0.6) is 5.88 Å². The van der Waals surface area contributed by atoms with Gasteiger partial charge in [-0.25, -0.2) is 9.97 Å². The second-order valence-corrected chi connectivity index (χ2v) is 8.49. The number of hydrogen-bond acceptors (Lipinski definition) is 6. The van der Waals surface area contributed by atoms with Crippen LogP contribution in [0.25, 0.3) is 11.6 Å². The van der Waals surface area contributed by atoms with Crippen LogP contribution < -0.4 is 4.74 Å². The summed E-state index contributed by atoms with van der Waals surface area (Å²) in [5, 5.41) is 0. The minimum Gasteiger partial charge on any atom is -0.472 e. The van der Waals surface area contributed by atoms with Crippen LogP contribution in [0.1, 0.15) is 40.7 Å². The number of ether oxygens (including phenoxy) is 1. The Morgan fingerprint density at radius 3 is 2.70 bits per heavy atom. The number of carbonyl (C=O) groups is 1. The zero-order valence-corrected chi connectivity index (χ0v) is 17.7. The number of nitrogens with zero attached hydrogens (tertiary/aromatic N) is 4. The van der Waals surface area contributed by atoms with Crippen molar-refractivity contribution < 1.29 is 27.1 Å². The Bertz CT molecular complexity index is 1150. The van der Waals surface area contributed by atoms with E-state index in [-0.39, 0.29) is 35.7 Å². The van der Waals surface area contributed by atoms with Gasteiger partial charge in [0.1, 0.15) is 18.1 Å². The number of aryl methyl sites for hydroxylation is 1. The predicted molar refractivity (Wildman–Crippen MR) is 110 cm³/mol. The number of halogens is 3. The van der Waals surface area contributed by atoms with Gasteiger partial charge in [0, 0.05) is 25.0 Å². The molecule has 2 saturated heterocycles. The van der Waals surface area contributed by atoms with Gasteiger partial charge in [-0.2, -0.15) is 13.2 Å². The van der Waals surface area contributed by atoms with Crippen LogP contribution in [0.15, 0.2) is 47.5 Å². The highest BCUT2D eigenvalue weighted by Gasteiger charge is 2.45. The van der Waals surface area contributed by atoms with E-state index in [4.69, 9.17) is 9.15 Å². The number of aromatic nitrogens is 3. The molecule has 5 heterocycles. The lowest BCUT2D eigenvalue weighted by Crippen LogP contribution is -2.59. The van der Waals surface area contributed by atoms with Crippen LogP contribution in [-0.4, -0.2) is 44.4 Å². The van der Waals surface area contributed by atoms with Crippen LogP contribution in [0.2, 0.25) is 0 Å². The monoisotopic (exact) mass is 458 g/mol. The van der Waals surface area contributed by atoms with E-state index in [1.165, 1.54) is 18.5 Å². The number of rotatable bonds is 4. The Kier molecular flexibility index (Phi) is 5.30.